The molecule has 0 fully saturated rings. The van der Waals surface area contributed by atoms with Crippen LogP contribution in [0.4, 0.5) is 11.4 Å². The van der Waals surface area contributed by atoms with E-state index in [2.05, 4.69) is 140 Å². The molecule has 0 unspecified atom stereocenters. The van der Waals surface area contributed by atoms with Crippen molar-refractivity contribution in [1.82, 2.24) is 14.5 Å². The van der Waals surface area contributed by atoms with Gasteiger partial charge in [-0.25, -0.2) is 4.98 Å². The Morgan fingerprint density at radius 2 is 1.39 bits per heavy atom. The summed E-state index contributed by atoms with van der Waals surface area (Å²) in [5, 5.41) is 7.58. The first-order chi connectivity index (χ1) is 23.6. The van der Waals surface area contributed by atoms with E-state index in [1.165, 1.54) is 5.56 Å². The largest absolute Gasteiger partial charge is 2.00 e. The zero-order valence-corrected chi connectivity index (χ0v) is 29.6. The molecular weight excluding hydrogens is 780 g/mol. The van der Waals surface area contributed by atoms with Crippen molar-refractivity contribution in [3.63, 3.8) is 0 Å². The van der Waals surface area contributed by atoms with Gasteiger partial charge in [0, 0.05) is 22.8 Å². The third-order valence-electron chi connectivity index (χ3n) is 8.72. The number of pyridine rings is 1. The minimum absolute atomic E-state index is 0. The van der Waals surface area contributed by atoms with Crippen LogP contribution in [-0.2, 0) is 27.5 Å². The first-order valence-electron chi connectivity index (χ1n) is 16.5. The first-order valence-corrected chi connectivity index (χ1v) is 16.5. The molecule has 0 saturated carbocycles. The molecule has 0 N–H and O–H groups in total. The standard InChI is InChI=1S/C44H34N4.Pt/c1-30(2)28-31-14-12-16-33(29-31)36-22-13-25-41-43(36)47-44(48(41)34-17-4-3-5-18-34)38-21-9-11-24-40(38)46-39-23-10-8-20-37(39)42-35-19-7-6-15-32(35)26-27-45-42;/h3-15,17-27,29-30H,28H2,1-2H3;/q-2;+2. The zero-order chi connectivity index (χ0) is 32.5. The van der Waals surface area contributed by atoms with E-state index in [1.54, 1.807) is 0 Å². The number of hydrogen-bond acceptors (Lipinski definition) is 2. The van der Waals surface area contributed by atoms with Crippen LogP contribution < -0.4 is 0 Å². The van der Waals surface area contributed by atoms with E-state index in [4.69, 9.17) is 15.3 Å². The van der Waals surface area contributed by atoms with Crippen molar-refractivity contribution in [1.29, 1.82) is 0 Å². The monoisotopic (exact) mass is 813 g/mol. The van der Waals surface area contributed by atoms with Gasteiger partial charge in [0.05, 0.1) is 16.7 Å². The topological polar surface area (TPSA) is 44.8 Å². The normalized spacial score (nSPS) is 11.2. The summed E-state index contributed by atoms with van der Waals surface area (Å²) >= 11 is 0. The molecule has 0 saturated heterocycles. The van der Waals surface area contributed by atoms with Crippen molar-refractivity contribution in [2.24, 2.45) is 5.92 Å². The van der Waals surface area contributed by atoms with Gasteiger partial charge in [-0.1, -0.05) is 123 Å². The quantitative estimate of drug-likeness (QED) is 0.143. The Balaban J connectivity index is 0.00000378. The Bertz CT molecular complexity index is 2390. The molecule has 2 heterocycles. The minimum Gasteiger partial charge on any atom is -0.657 e. The van der Waals surface area contributed by atoms with Crippen LogP contribution in [0.3, 0.4) is 0 Å². The Morgan fingerprint density at radius 1 is 0.694 bits per heavy atom. The van der Waals surface area contributed by atoms with Crippen LogP contribution in [-0.4, -0.2) is 14.5 Å². The Hall–Kier alpha value is -5.31. The van der Waals surface area contributed by atoms with Crippen LogP contribution in [0, 0.1) is 12.0 Å². The maximum atomic E-state index is 5.42. The van der Waals surface area contributed by atoms with Crippen LogP contribution in [0.15, 0.2) is 152 Å². The molecule has 8 aromatic rings. The third kappa shape index (κ3) is 6.33. The fourth-order valence-electron chi connectivity index (χ4n) is 6.60. The van der Waals surface area contributed by atoms with Gasteiger partial charge in [-0.2, -0.15) is 0 Å². The molecule has 4 nitrogen and oxygen atoms in total. The molecule has 0 aliphatic rings. The summed E-state index contributed by atoms with van der Waals surface area (Å²) in [6.45, 7) is 4.51. The second-order valence-corrected chi connectivity index (χ2v) is 12.5. The van der Waals surface area contributed by atoms with Crippen molar-refractivity contribution in [2.45, 2.75) is 20.3 Å². The van der Waals surface area contributed by atoms with Gasteiger partial charge >= 0.3 is 21.1 Å². The number of benzene rings is 6. The summed E-state index contributed by atoms with van der Waals surface area (Å²) in [5.41, 5.74) is 11.0. The summed E-state index contributed by atoms with van der Waals surface area (Å²) in [7, 11) is 0. The molecule has 240 valence electrons. The molecule has 0 spiro atoms. The molecule has 0 radical (unpaired) electrons. The van der Waals surface area contributed by atoms with Gasteiger partial charge in [-0.15, -0.1) is 46.8 Å². The number of imidazole rings is 1. The van der Waals surface area contributed by atoms with Gasteiger partial charge in [0.25, 0.3) is 0 Å². The molecule has 0 aliphatic heterocycles. The van der Waals surface area contributed by atoms with Gasteiger partial charge in [0.1, 0.15) is 5.82 Å². The number of aromatic nitrogens is 3. The molecule has 0 aliphatic carbocycles. The minimum atomic E-state index is 0. The molecule has 2 aromatic heterocycles. The predicted molar refractivity (Wildman–Crippen MR) is 199 cm³/mol. The average molecular weight is 814 g/mol. The maximum Gasteiger partial charge on any atom is 2.00 e. The fourth-order valence-corrected chi connectivity index (χ4v) is 6.60. The SMILES string of the molecule is CC(C)Cc1cc[c-]c(-c2cccc3c2nc(-c2ccccc2[N-]c2ccccc2-c2nccc4ccccc24)n3-c2ccccc2)c1.[Pt+2]. The maximum absolute atomic E-state index is 5.42. The van der Waals surface area contributed by atoms with Crippen molar-refractivity contribution in [2.75, 3.05) is 0 Å². The second-order valence-electron chi connectivity index (χ2n) is 12.5. The average Bonchev–Trinajstić information content (AvgIpc) is 3.52. The Labute approximate surface area is 301 Å². The van der Waals surface area contributed by atoms with Crippen molar-refractivity contribution in [3.05, 3.63) is 169 Å². The summed E-state index contributed by atoms with van der Waals surface area (Å²) in [5.74, 6) is 1.41. The number of para-hydroxylation sites is 4. The summed E-state index contributed by atoms with van der Waals surface area (Å²) < 4.78 is 2.25. The molecular formula is C44H34N4Pt. The van der Waals surface area contributed by atoms with Crippen LogP contribution in [0.2, 0.25) is 0 Å². The molecule has 0 atom stereocenters. The number of nitrogens with zero attached hydrogens (tertiary/aromatic N) is 4. The van der Waals surface area contributed by atoms with Crippen LogP contribution >= 0.6 is 0 Å². The molecule has 49 heavy (non-hydrogen) atoms. The molecule has 5 heteroatoms. The van der Waals surface area contributed by atoms with Crippen LogP contribution in [0.1, 0.15) is 19.4 Å². The Morgan fingerprint density at radius 3 is 2.20 bits per heavy atom. The van der Waals surface area contributed by atoms with Crippen LogP contribution in [0.25, 0.3) is 66.6 Å². The summed E-state index contributed by atoms with van der Waals surface area (Å²) in [6, 6.07) is 53.8. The smallest absolute Gasteiger partial charge is 0.657 e. The van der Waals surface area contributed by atoms with E-state index in [-0.39, 0.29) is 21.1 Å². The van der Waals surface area contributed by atoms with Crippen molar-refractivity contribution >= 4 is 33.2 Å². The second kappa shape index (κ2) is 14.0. The first kappa shape index (κ1) is 32.2. The zero-order valence-electron chi connectivity index (χ0n) is 27.3. The summed E-state index contributed by atoms with van der Waals surface area (Å²) in [6.07, 6.45) is 2.89. The van der Waals surface area contributed by atoms with E-state index >= 15 is 0 Å². The number of fused-ring (bicyclic) bond motifs is 2. The molecule has 0 bridgehead atoms. The van der Waals surface area contributed by atoms with Crippen LogP contribution in [0.5, 0.6) is 0 Å². The van der Waals surface area contributed by atoms with Gasteiger partial charge in [-0.3, -0.25) is 9.55 Å². The Kier molecular flexibility index (Phi) is 9.24. The van der Waals surface area contributed by atoms with E-state index in [0.717, 1.165) is 79.1 Å². The third-order valence-corrected chi connectivity index (χ3v) is 8.72. The van der Waals surface area contributed by atoms with E-state index in [9.17, 15) is 0 Å². The van der Waals surface area contributed by atoms with Gasteiger partial charge < -0.3 is 5.32 Å². The van der Waals surface area contributed by atoms with Gasteiger partial charge in [0.15, 0.2) is 0 Å². The van der Waals surface area contributed by atoms with Crippen molar-refractivity contribution in [3.8, 4) is 39.5 Å². The molecule has 8 rings (SSSR count). The molecule has 0 amide bonds. The van der Waals surface area contributed by atoms with Crippen molar-refractivity contribution < 1.29 is 21.1 Å². The van der Waals surface area contributed by atoms with Gasteiger partial charge in [0.2, 0.25) is 0 Å². The predicted octanol–water partition coefficient (Wildman–Crippen LogP) is 11.9. The van der Waals surface area contributed by atoms with Gasteiger partial charge in [-0.05, 0) is 47.6 Å². The van der Waals surface area contributed by atoms with E-state index in [1.807, 2.05) is 36.5 Å². The number of rotatable bonds is 8. The fraction of sp³-hybridized carbons (Fsp3) is 0.0909. The van der Waals surface area contributed by atoms with E-state index < -0.39 is 0 Å². The summed E-state index contributed by atoms with van der Waals surface area (Å²) in [4.78, 5) is 10.2. The number of hydrogen-bond donors (Lipinski definition) is 0. The van der Waals surface area contributed by atoms with E-state index in [0.29, 0.717) is 5.92 Å². The molecule has 6 aromatic carbocycles.